The number of nitrogens with zero attached hydrogens (tertiary/aromatic N) is 2. The molecule has 0 aliphatic heterocycles. The van der Waals surface area contributed by atoms with Gasteiger partial charge in [0.15, 0.2) is 10.1 Å². The smallest absolute Gasteiger partial charge is 0.293 e. The number of amides is 1. The van der Waals surface area contributed by atoms with Crippen molar-refractivity contribution in [2.45, 2.75) is 11.3 Å². The quantitative estimate of drug-likeness (QED) is 0.454. The first-order valence-corrected chi connectivity index (χ1v) is 9.46. The van der Waals surface area contributed by atoms with Crippen molar-refractivity contribution >= 4 is 57.3 Å². The maximum absolute atomic E-state index is 12.2. The van der Waals surface area contributed by atoms with Crippen LogP contribution in [0.25, 0.3) is 11.3 Å². The van der Waals surface area contributed by atoms with Crippen LogP contribution in [0.1, 0.15) is 17.5 Å². The molecule has 0 unspecified atom stereocenters. The van der Waals surface area contributed by atoms with Crippen LogP contribution >= 0.6 is 46.3 Å². The molecule has 5 nitrogen and oxygen atoms in total. The van der Waals surface area contributed by atoms with Crippen molar-refractivity contribution in [3.8, 4) is 11.3 Å². The highest BCUT2D eigenvalue weighted by Gasteiger charge is 2.16. The minimum Gasteiger partial charge on any atom is -0.451 e. The first-order chi connectivity index (χ1) is 11.6. The van der Waals surface area contributed by atoms with E-state index in [1.807, 2.05) is 6.92 Å². The highest BCUT2D eigenvalue weighted by atomic mass is 35.5. The molecule has 0 saturated carbocycles. The normalized spacial score (nSPS) is 10.8. The zero-order chi connectivity index (χ0) is 17.1. The van der Waals surface area contributed by atoms with Gasteiger partial charge >= 0.3 is 0 Å². The van der Waals surface area contributed by atoms with Gasteiger partial charge in [-0.15, -0.1) is 10.2 Å². The summed E-state index contributed by atoms with van der Waals surface area (Å²) in [5.74, 6) is 1.11. The van der Waals surface area contributed by atoms with Gasteiger partial charge in [0.1, 0.15) is 5.76 Å². The lowest BCUT2D eigenvalue weighted by molar-refractivity contribution is 0.0997. The summed E-state index contributed by atoms with van der Waals surface area (Å²) in [5, 5.41) is 11.8. The number of anilines is 1. The fourth-order valence-electron chi connectivity index (χ4n) is 1.90. The van der Waals surface area contributed by atoms with E-state index in [2.05, 4.69) is 15.5 Å². The van der Waals surface area contributed by atoms with E-state index in [0.717, 1.165) is 10.1 Å². The van der Waals surface area contributed by atoms with Crippen LogP contribution < -0.4 is 5.32 Å². The van der Waals surface area contributed by atoms with Gasteiger partial charge in [0.05, 0.1) is 10.0 Å². The lowest BCUT2D eigenvalue weighted by Crippen LogP contribution is -2.10. The molecule has 24 heavy (non-hydrogen) atoms. The van der Waals surface area contributed by atoms with E-state index >= 15 is 0 Å². The predicted molar refractivity (Wildman–Crippen MR) is 98.4 cm³/mol. The molecule has 0 aliphatic carbocycles. The van der Waals surface area contributed by atoms with Crippen LogP contribution in [0.15, 0.2) is 39.1 Å². The highest BCUT2D eigenvalue weighted by Crippen LogP contribution is 2.34. The number of thioether (sulfide) groups is 1. The Morgan fingerprint density at radius 3 is 2.92 bits per heavy atom. The molecular weight excluding hydrogens is 389 g/mol. The zero-order valence-corrected chi connectivity index (χ0v) is 15.5. The van der Waals surface area contributed by atoms with Crippen molar-refractivity contribution in [3.63, 3.8) is 0 Å². The van der Waals surface area contributed by atoms with Gasteiger partial charge in [0, 0.05) is 5.56 Å². The lowest BCUT2D eigenvalue weighted by Gasteiger charge is -2.02. The highest BCUT2D eigenvalue weighted by molar-refractivity contribution is 8.01. The van der Waals surface area contributed by atoms with Crippen LogP contribution in [0.3, 0.4) is 0 Å². The number of nitrogens with one attached hydrogen (secondary N) is 1. The van der Waals surface area contributed by atoms with E-state index in [1.165, 1.54) is 11.3 Å². The molecule has 0 aliphatic rings. The SMILES string of the molecule is CCSc1nnc(NC(=O)c2ccc(-c3cccc(Cl)c3Cl)o2)s1. The summed E-state index contributed by atoms with van der Waals surface area (Å²) in [6, 6.07) is 8.47. The molecule has 124 valence electrons. The van der Waals surface area contributed by atoms with Crippen LogP contribution in [-0.2, 0) is 0 Å². The van der Waals surface area contributed by atoms with Crippen molar-refractivity contribution in [2.75, 3.05) is 11.1 Å². The Morgan fingerprint density at radius 1 is 1.29 bits per heavy atom. The topological polar surface area (TPSA) is 68.0 Å². The third-order valence-electron chi connectivity index (χ3n) is 2.94. The molecule has 1 N–H and O–H groups in total. The molecule has 2 heterocycles. The zero-order valence-electron chi connectivity index (χ0n) is 12.4. The maximum atomic E-state index is 12.2. The van der Waals surface area contributed by atoms with Crippen molar-refractivity contribution in [1.29, 1.82) is 0 Å². The summed E-state index contributed by atoms with van der Waals surface area (Å²) in [6.07, 6.45) is 0. The first-order valence-electron chi connectivity index (χ1n) is 6.90. The lowest BCUT2D eigenvalue weighted by atomic mass is 10.2. The van der Waals surface area contributed by atoms with Gasteiger partial charge in [-0.3, -0.25) is 10.1 Å². The number of furan rings is 1. The van der Waals surface area contributed by atoms with Gasteiger partial charge in [-0.05, 0) is 30.0 Å². The number of carbonyl (C=O) groups is 1. The molecule has 0 spiro atoms. The second-order valence-electron chi connectivity index (χ2n) is 4.53. The van der Waals surface area contributed by atoms with E-state index in [1.54, 1.807) is 42.1 Å². The third-order valence-corrected chi connectivity index (χ3v) is 5.61. The van der Waals surface area contributed by atoms with E-state index in [0.29, 0.717) is 26.5 Å². The minimum atomic E-state index is -0.399. The van der Waals surface area contributed by atoms with Crippen LogP contribution in [0.4, 0.5) is 5.13 Å². The molecular formula is C15H11Cl2N3O2S2. The molecule has 3 aromatic rings. The van der Waals surface area contributed by atoms with E-state index < -0.39 is 5.91 Å². The summed E-state index contributed by atoms with van der Waals surface area (Å²) in [7, 11) is 0. The second kappa shape index (κ2) is 7.57. The largest absolute Gasteiger partial charge is 0.451 e. The van der Waals surface area contributed by atoms with Gasteiger partial charge in [-0.2, -0.15) is 0 Å². The first kappa shape index (κ1) is 17.3. The Kier molecular flexibility index (Phi) is 5.45. The Labute approximate surface area is 156 Å². The summed E-state index contributed by atoms with van der Waals surface area (Å²) in [6.45, 7) is 2.02. The van der Waals surface area contributed by atoms with Crippen LogP contribution in [0.5, 0.6) is 0 Å². The monoisotopic (exact) mass is 399 g/mol. The van der Waals surface area contributed by atoms with Crippen LogP contribution in [0, 0.1) is 0 Å². The summed E-state index contributed by atoms with van der Waals surface area (Å²) >= 11 is 15.1. The number of halogens is 2. The number of rotatable bonds is 5. The Balaban J connectivity index is 1.77. The van der Waals surface area contributed by atoms with Crippen LogP contribution in [0.2, 0.25) is 10.0 Å². The molecule has 9 heteroatoms. The van der Waals surface area contributed by atoms with Gasteiger partial charge in [0.2, 0.25) is 5.13 Å². The van der Waals surface area contributed by atoms with E-state index in [-0.39, 0.29) is 5.76 Å². The van der Waals surface area contributed by atoms with Gasteiger partial charge in [-0.1, -0.05) is 59.3 Å². The van der Waals surface area contributed by atoms with Gasteiger partial charge < -0.3 is 4.42 Å². The Morgan fingerprint density at radius 2 is 2.12 bits per heavy atom. The molecule has 0 radical (unpaired) electrons. The Bertz CT molecular complexity index is 879. The van der Waals surface area contributed by atoms with E-state index in [9.17, 15) is 4.79 Å². The average molecular weight is 400 g/mol. The fourth-order valence-corrected chi connectivity index (χ4v) is 3.94. The van der Waals surface area contributed by atoms with Crippen molar-refractivity contribution in [2.24, 2.45) is 0 Å². The molecule has 2 aromatic heterocycles. The fraction of sp³-hybridized carbons (Fsp3) is 0.133. The van der Waals surface area contributed by atoms with Gasteiger partial charge in [-0.25, -0.2) is 0 Å². The van der Waals surface area contributed by atoms with Gasteiger partial charge in [0.25, 0.3) is 5.91 Å². The standard InChI is InChI=1S/C15H11Cl2N3O2S2/c1-2-23-15-20-19-14(24-15)18-13(21)11-7-6-10(22-11)8-4-3-5-9(16)12(8)17/h3-7H,2H2,1H3,(H,18,19,21). The van der Waals surface area contributed by atoms with Crippen molar-refractivity contribution in [3.05, 3.63) is 46.1 Å². The maximum Gasteiger partial charge on any atom is 0.293 e. The molecule has 0 atom stereocenters. The third kappa shape index (κ3) is 3.75. The number of aromatic nitrogens is 2. The van der Waals surface area contributed by atoms with E-state index in [4.69, 9.17) is 27.6 Å². The minimum absolute atomic E-state index is 0.154. The molecule has 1 aromatic carbocycles. The molecule has 0 fully saturated rings. The number of carbonyl (C=O) groups excluding carboxylic acids is 1. The summed E-state index contributed by atoms with van der Waals surface area (Å²) in [5.41, 5.74) is 0.626. The molecule has 1 amide bonds. The second-order valence-corrected chi connectivity index (χ2v) is 7.80. The van der Waals surface area contributed by atoms with Crippen LogP contribution in [-0.4, -0.2) is 21.9 Å². The van der Waals surface area contributed by atoms with Crippen molar-refractivity contribution < 1.29 is 9.21 Å². The number of benzene rings is 1. The Hall–Kier alpha value is -1.54. The summed E-state index contributed by atoms with van der Waals surface area (Å²) < 4.78 is 6.39. The van der Waals surface area contributed by atoms with Crippen molar-refractivity contribution in [1.82, 2.24) is 10.2 Å². The molecule has 0 bridgehead atoms. The summed E-state index contributed by atoms with van der Waals surface area (Å²) in [4.78, 5) is 12.2. The average Bonchev–Trinajstić information content (AvgIpc) is 3.20. The molecule has 3 rings (SSSR count). The number of hydrogen-bond donors (Lipinski definition) is 1. The predicted octanol–water partition coefficient (Wildman–Crippen LogP) is 5.47. The number of hydrogen-bond acceptors (Lipinski definition) is 6. The molecule has 0 saturated heterocycles.